The molecule has 1 rings (SSSR count). The fraction of sp³-hybridized carbons (Fsp3) is 0.846. The molecule has 0 radical (unpaired) electrons. The van der Waals surface area contributed by atoms with Gasteiger partial charge in [-0.2, -0.15) is 0 Å². The largest absolute Gasteiger partial charge is 0.393 e. The normalized spacial score (nSPS) is 20.7. The summed E-state index contributed by atoms with van der Waals surface area (Å²) in [5.41, 5.74) is 1.19. The Hall–Kier alpha value is -0.300. The van der Waals surface area contributed by atoms with Crippen LogP contribution in [0.5, 0.6) is 0 Å². The Labute approximate surface area is 88.2 Å². The van der Waals surface area contributed by atoms with Crippen molar-refractivity contribution in [3.05, 3.63) is 12.2 Å². The summed E-state index contributed by atoms with van der Waals surface area (Å²) in [5.74, 6) is 0.795. The molecule has 1 unspecified atom stereocenters. The summed E-state index contributed by atoms with van der Waals surface area (Å²) in [6.45, 7) is 5.90. The first-order valence-corrected chi connectivity index (χ1v) is 6.01. The number of allylic oxidation sites excluding steroid dienone is 1. The second-order valence-electron chi connectivity index (χ2n) is 4.89. The molecule has 0 amide bonds. The van der Waals surface area contributed by atoms with Gasteiger partial charge >= 0.3 is 0 Å². The SMILES string of the molecule is C=C(C)CCC(O)CC1CCCCC1. The molecule has 0 spiro atoms. The summed E-state index contributed by atoms with van der Waals surface area (Å²) < 4.78 is 0. The first-order chi connectivity index (χ1) is 6.68. The predicted octanol–water partition coefficient (Wildman–Crippen LogP) is 3.67. The molecule has 1 nitrogen and oxygen atoms in total. The first kappa shape index (κ1) is 11.8. The van der Waals surface area contributed by atoms with Gasteiger partial charge in [-0.3, -0.25) is 0 Å². The van der Waals surface area contributed by atoms with E-state index >= 15 is 0 Å². The van der Waals surface area contributed by atoms with Crippen LogP contribution in [0.3, 0.4) is 0 Å². The molecule has 1 saturated carbocycles. The lowest BCUT2D eigenvalue weighted by Crippen LogP contribution is -2.16. The Morgan fingerprint density at radius 1 is 1.36 bits per heavy atom. The Balaban J connectivity index is 2.11. The molecule has 1 heteroatoms. The van der Waals surface area contributed by atoms with Gasteiger partial charge in [0.25, 0.3) is 0 Å². The molecule has 0 aromatic rings. The quantitative estimate of drug-likeness (QED) is 0.665. The minimum absolute atomic E-state index is 0.0881. The summed E-state index contributed by atoms with van der Waals surface area (Å²) >= 11 is 0. The van der Waals surface area contributed by atoms with Crippen LogP contribution in [0, 0.1) is 5.92 Å². The van der Waals surface area contributed by atoms with Crippen LogP contribution in [0.25, 0.3) is 0 Å². The van der Waals surface area contributed by atoms with Gasteiger partial charge in [0.05, 0.1) is 6.10 Å². The van der Waals surface area contributed by atoms with E-state index in [1.807, 2.05) is 6.92 Å². The van der Waals surface area contributed by atoms with Crippen molar-refractivity contribution in [1.82, 2.24) is 0 Å². The van der Waals surface area contributed by atoms with Crippen LogP contribution in [0.4, 0.5) is 0 Å². The molecular formula is C13H24O. The number of aliphatic hydroxyl groups is 1. The minimum atomic E-state index is -0.0881. The fourth-order valence-electron chi connectivity index (χ4n) is 2.34. The zero-order chi connectivity index (χ0) is 10.4. The zero-order valence-corrected chi connectivity index (χ0v) is 9.47. The van der Waals surface area contributed by atoms with Crippen LogP contribution < -0.4 is 0 Å². The van der Waals surface area contributed by atoms with Crippen molar-refractivity contribution in [3.63, 3.8) is 0 Å². The molecule has 0 heterocycles. The average molecular weight is 196 g/mol. The van der Waals surface area contributed by atoms with Crippen LogP contribution in [0.2, 0.25) is 0 Å². The van der Waals surface area contributed by atoms with E-state index in [4.69, 9.17) is 0 Å². The van der Waals surface area contributed by atoms with Crippen molar-refractivity contribution in [3.8, 4) is 0 Å². The number of rotatable bonds is 5. The van der Waals surface area contributed by atoms with E-state index in [0.717, 1.165) is 25.2 Å². The number of aliphatic hydroxyl groups excluding tert-OH is 1. The molecule has 0 aromatic carbocycles. The third kappa shape index (κ3) is 4.80. The van der Waals surface area contributed by atoms with E-state index in [2.05, 4.69) is 6.58 Å². The molecule has 1 N–H and O–H groups in total. The predicted molar refractivity (Wildman–Crippen MR) is 61.2 cm³/mol. The van der Waals surface area contributed by atoms with E-state index in [1.165, 1.54) is 37.7 Å². The molecule has 1 atom stereocenters. The Kier molecular flexibility index (Phi) is 5.24. The van der Waals surface area contributed by atoms with Gasteiger partial charge in [-0.25, -0.2) is 0 Å². The summed E-state index contributed by atoms with van der Waals surface area (Å²) in [7, 11) is 0. The van der Waals surface area contributed by atoms with Crippen LogP contribution in [-0.2, 0) is 0 Å². The lowest BCUT2D eigenvalue weighted by atomic mass is 9.84. The molecule has 82 valence electrons. The van der Waals surface area contributed by atoms with E-state index in [1.54, 1.807) is 0 Å². The maximum atomic E-state index is 9.81. The van der Waals surface area contributed by atoms with E-state index < -0.39 is 0 Å². The van der Waals surface area contributed by atoms with Crippen molar-refractivity contribution in [2.24, 2.45) is 5.92 Å². The highest BCUT2D eigenvalue weighted by molar-refractivity contribution is 4.88. The fourth-order valence-corrected chi connectivity index (χ4v) is 2.34. The van der Waals surface area contributed by atoms with Gasteiger partial charge in [0.2, 0.25) is 0 Å². The van der Waals surface area contributed by atoms with Gasteiger partial charge in [0.1, 0.15) is 0 Å². The Bertz CT molecular complexity index is 168. The topological polar surface area (TPSA) is 20.2 Å². The molecule has 14 heavy (non-hydrogen) atoms. The van der Waals surface area contributed by atoms with Gasteiger partial charge in [0, 0.05) is 0 Å². The summed E-state index contributed by atoms with van der Waals surface area (Å²) in [6, 6.07) is 0. The third-order valence-corrected chi connectivity index (χ3v) is 3.23. The lowest BCUT2D eigenvalue weighted by molar-refractivity contribution is 0.122. The van der Waals surface area contributed by atoms with E-state index in [-0.39, 0.29) is 6.10 Å². The van der Waals surface area contributed by atoms with Gasteiger partial charge in [-0.05, 0) is 32.1 Å². The van der Waals surface area contributed by atoms with Gasteiger partial charge in [-0.1, -0.05) is 37.7 Å². The maximum Gasteiger partial charge on any atom is 0.0546 e. The highest BCUT2D eigenvalue weighted by atomic mass is 16.3. The highest BCUT2D eigenvalue weighted by Crippen LogP contribution is 2.28. The second kappa shape index (κ2) is 6.23. The smallest absolute Gasteiger partial charge is 0.0546 e. The molecule has 1 fully saturated rings. The highest BCUT2D eigenvalue weighted by Gasteiger charge is 2.16. The van der Waals surface area contributed by atoms with Gasteiger partial charge in [-0.15, -0.1) is 6.58 Å². The third-order valence-electron chi connectivity index (χ3n) is 3.23. The van der Waals surface area contributed by atoms with Crippen LogP contribution in [-0.4, -0.2) is 11.2 Å². The van der Waals surface area contributed by atoms with Crippen molar-refractivity contribution >= 4 is 0 Å². The van der Waals surface area contributed by atoms with Crippen molar-refractivity contribution in [2.45, 2.75) is 64.4 Å². The molecule has 0 bridgehead atoms. The first-order valence-electron chi connectivity index (χ1n) is 6.01. The molecule has 1 aliphatic carbocycles. The number of hydrogen-bond donors (Lipinski definition) is 1. The van der Waals surface area contributed by atoms with Gasteiger partial charge in [0.15, 0.2) is 0 Å². The summed E-state index contributed by atoms with van der Waals surface area (Å²) in [4.78, 5) is 0. The maximum absolute atomic E-state index is 9.81. The van der Waals surface area contributed by atoms with Crippen molar-refractivity contribution in [2.75, 3.05) is 0 Å². The summed E-state index contributed by atoms with van der Waals surface area (Å²) in [5, 5.41) is 9.81. The Morgan fingerprint density at radius 3 is 2.57 bits per heavy atom. The van der Waals surface area contributed by atoms with Crippen LogP contribution >= 0.6 is 0 Å². The molecular weight excluding hydrogens is 172 g/mol. The van der Waals surface area contributed by atoms with E-state index in [9.17, 15) is 5.11 Å². The molecule has 1 aliphatic rings. The average Bonchev–Trinajstić information content (AvgIpc) is 2.16. The lowest BCUT2D eigenvalue weighted by Gasteiger charge is -2.23. The molecule has 0 aromatic heterocycles. The number of hydrogen-bond acceptors (Lipinski definition) is 1. The zero-order valence-electron chi connectivity index (χ0n) is 9.47. The molecule has 0 aliphatic heterocycles. The van der Waals surface area contributed by atoms with Crippen molar-refractivity contribution < 1.29 is 5.11 Å². The summed E-state index contributed by atoms with van der Waals surface area (Å²) in [6.07, 6.45) is 9.64. The van der Waals surface area contributed by atoms with Crippen molar-refractivity contribution in [1.29, 1.82) is 0 Å². The second-order valence-corrected chi connectivity index (χ2v) is 4.89. The van der Waals surface area contributed by atoms with Crippen LogP contribution in [0.1, 0.15) is 58.3 Å². The Morgan fingerprint density at radius 2 is 2.00 bits per heavy atom. The molecule has 0 saturated heterocycles. The monoisotopic (exact) mass is 196 g/mol. The van der Waals surface area contributed by atoms with Crippen LogP contribution in [0.15, 0.2) is 12.2 Å². The standard InChI is InChI=1S/C13H24O/c1-11(2)8-9-13(14)10-12-6-4-3-5-7-12/h12-14H,1,3-10H2,2H3. The van der Waals surface area contributed by atoms with E-state index in [0.29, 0.717) is 0 Å². The minimum Gasteiger partial charge on any atom is -0.393 e. The van der Waals surface area contributed by atoms with Gasteiger partial charge < -0.3 is 5.11 Å².